The Morgan fingerprint density at radius 2 is 2.06 bits per heavy atom. The summed E-state index contributed by atoms with van der Waals surface area (Å²) in [4.78, 5) is 11.7. The number of aromatic hydroxyl groups is 1. The first kappa shape index (κ1) is 10.5. The van der Waals surface area contributed by atoms with Gasteiger partial charge in [0.15, 0.2) is 0 Å². The molecule has 16 heavy (non-hydrogen) atoms. The van der Waals surface area contributed by atoms with Crippen LogP contribution in [-0.2, 0) is 0 Å². The molecule has 0 spiro atoms. The summed E-state index contributed by atoms with van der Waals surface area (Å²) < 4.78 is 0. The van der Waals surface area contributed by atoms with Gasteiger partial charge in [0.25, 0.3) is 5.91 Å². The standard InChI is InChI=1S/C12H12N2O2/c13-7-11(8-1-2-8)14-12(16)9-3-5-10(15)6-4-9/h3-6,8,11,15H,1-2H2,(H,14,16). The van der Waals surface area contributed by atoms with E-state index in [1.165, 1.54) is 24.3 Å². The SMILES string of the molecule is N#CC(NC(=O)c1ccc(O)cc1)C1CC1. The van der Waals surface area contributed by atoms with E-state index in [0.29, 0.717) is 11.5 Å². The fourth-order valence-electron chi connectivity index (χ4n) is 1.52. The quantitative estimate of drug-likeness (QED) is 0.802. The number of rotatable bonds is 3. The number of carbonyl (C=O) groups is 1. The number of benzene rings is 1. The molecule has 1 aliphatic carbocycles. The van der Waals surface area contributed by atoms with Crippen LogP contribution in [0.25, 0.3) is 0 Å². The minimum atomic E-state index is -0.388. The molecule has 1 atom stereocenters. The summed E-state index contributed by atoms with van der Waals surface area (Å²) >= 11 is 0. The molecule has 1 saturated carbocycles. The summed E-state index contributed by atoms with van der Waals surface area (Å²) in [5.74, 6) is 0.167. The van der Waals surface area contributed by atoms with Crippen LogP contribution in [-0.4, -0.2) is 17.1 Å². The molecular weight excluding hydrogens is 204 g/mol. The van der Waals surface area contributed by atoms with Gasteiger partial charge in [-0.3, -0.25) is 4.79 Å². The predicted octanol–water partition coefficient (Wildman–Crippen LogP) is 1.42. The van der Waals surface area contributed by atoms with Crippen molar-refractivity contribution in [2.24, 2.45) is 5.92 Å². The summed E-state index contributed by atoms with van der Waals surface area (Å²) in [5, 5.41) is 20.6. The van der Waals surface area contributed by atoms with Gasteiger partial charge in [0, 0.05) is 5.56 Å². The van der Waals surface area contributed by atoms with Crippen LogP contribution in [0.2, 0.25) is 0 Å². The second-order valence-corrected chi connectivity index (χ2v) is 3.96. The fraction of sp³-hybridized carbons (Fsp3) is 0.333. The molecule has 0 radical (unpaired) electrons. The minimum Gasteiger partial charge on any atom is -0.508 e. The van der Waals surface area contributed by atoms with Gasteiger partial charge in [-0.2, -0.15) is 5.26 Å². The number of amides is 1. The van der Waals surface area contributed by atoms with Crippen LogP contribution in [0.15, 0.2) is 24.3 Å². The lowest BCUT2D eigenvalue weighted by molar-refractivity contribution is 0.0942. The first-order valence-corrected chi connectivity index (χ1v) is 5.20. The van der Waals surface area contributed by atoms with Crippen LogP contribution < -0.4 is 5.32 Å². The molecule has 1 aliphatic rings. The molecule has 1 aromatic carbocycles. The van der Waals surface area contributed by atoms with Crippen molar-refractivity contribution in [1.82, 2.24) is 5.32 Å². The van der Waals surface area contributed by atoms with E-state index in [1.54, 1.807) is 0 Å². The Labute approximate surface area is 93.5 Å². The van der Waals surface area contributed by atoms with Crippen LogP contribution >= 0.6 is 0 Å². The monoisotopic (exact) mass is 216 g/mol. The van der Waals surface area contributed by atoms with E-state index in [2.05, 4.69) is 11.4 Å². The van der Waals surface area contributed by atoms with Gasteiger partial charge in [-0.15, -0.1) is 0 Å². The number of hydrogen-bond acceptors (Lipinski definition) is 3. The highest BCUT2D eigenvalue weighted by Crippen LogP contribution is 2.32. The van der Waals surface area contributed by atoms with Crippen molar-refractivity contribution in [3.8, 4) is 11.8 Å². The number of phenolic OH excluding ortho intramolecular Hbond substituents is 1. The second-order valence-electron chi connectivity index (χ2n) is 3.96. The van der Waals surface area contributed by atoms with Crippen molar-refractivity contribution in [2.45, 2.75) is 18.9 Å². The molecule has 82 valence electrons. The zero-order valence-corrected chi connectivity index (χ0v) is 8.68. The third-order valence-corrected chi connectivity index (χ3v) is 2.65. The lowest BCUT2D eigenvalue weighted by Gasteiger charge is -2.10. The zero-order chi connectivity index (χ0) is 11.5. The first-order valence-electron chi connectivity index (χ1n) is 5.20. The van der Waals surface area contributed by atoms with E-state index in [1.807, 2.05) is 0 Å². The topological polar surface area (TPSA) is 73.1 Å². The number of hydrogen-bond donors (Lipinski definition) is 2. The van der Waals surface area contributed by atoms with Crippen LogP contribution in [0.4, 0.5) is 0 Å². The Morgan fingerprint density at radius 1 is 1.44 bits per heavy atom. The second kappa shape index (κ2) is 4.23. The van der Waals surface area contributed by atoms with Crippen molar-refractivity contribution in [3.05, 3.63) is 29.8 Å². The van der Waals surface area contributed by atoms with Gasteiger partial charge >= 0.3 is 0 Å². The third-order valence-electron chi connectivity index (χ3n) is 2.65. The van der Waals surface area contributed by atoms with E-state index in [9.17, 15) is 4.79 Å². The average Bonchev–Trinajstić information content (AvgIpc) is 3.10. The Hall–Kier alpha value is -2.02. The maximum Gasteiger partial charge on any atom is 0.252 e. The maximum absolute atomic E-state index is 11.7. The van der Waals surface area contributed by atoms with Crippen LogP contribution in [0.5, 0.6) is 5.75 Å². The van der Waals surface area contributed by atoms with Crippen LogP contribution in [0, 0.1) is 17.2 Å². The third kappa shape index (κ3) is 2.31. The van der Waals surface area contributed by atoms with Gasteiger partial charge < -0.3 is 10.4 Å². The van der Waals surface area contributed by atoms with Crippen molar-refractivity contribution in [2.75, 3.05) is 0 Å². The van der Waals surface area contributed by atoms with Crippen LogP contribution in [0.3, 0.4) is 0 Å². The van der Waals surface area contributed by atoms with E-state index >= 15 is 0 Å². The van der Waals surface area contributed by atoms with E-state index in [0.717, 1.165) is 12.8 Å². The number of carbonyl (C=O) groups excluding carboxylic acids is 1. The molecule has 0 aromatic heterocycles. The maximum atomic E-state index is 11.7. The van der Waals surface area contributed by atoms with Gasteiger partial charge in [-0.1, -0.05) is 0 Å². The highest BCUT2D eigenvalue weighted by molar-refractivity contribution is 5.94. The van der Waals surface area contributed by atoms with Crippen molar-refractivity contribution in [3.63, 3.8) is 0 Å². The van der Waals surface area contributed by atoms with Crippen molar-refractivity contribution < 1.29 is 9.90 Å². The van der Waals surface area contributed by atoms with Gasteiger partial charge in [0.1, 0.15) is 11.8 Å². The predicted molar refractivity (Wildman–Crippen MR) is 57.7 cm³/mol. The molecule has 4 heteroatoms. The number of nitrogens with zero attached hydrogens (tertiary/aromatic N) is 1. The summed E-state index contributed by atoms with van der Waals surface area (Å²) in [6.07, 6.45) is 2.02. The molecule has 0 bridgehead atoms. The van der Waals surface area contributed by atoms with E-state index in [-0.39, 0.29) is 17.7 Å². The number of phenols is 1. The highest BCUT2D eigenvalue weighted by atomic mass is 16.3. The average molecular weight is 216 g/mol. The number of nitrogens with one attached hydrogen (secondary N) is 1. The molecule has 2 N–H and O–H groups in total. The van der Waals surface area contributed by atoms with Gasteiger partial charge in [0.2, 0.25) is 0 Å². The lowest BCUT2D eigenvalue weighted by atomic mass is 10.1. The normalized spacial score (nSPS) is 16.2. The summed E-state index contributed by atoms with van der Waals surface area (Å²) in [5.41, 5.74) is 0.457. The Morgan fingerprint density at radius 3 is 2.56 bits per heavy atom. The Kier molecular flexibility index (Phi) is 2.78. The fourth-order valence-corrected chi connectivity index (χ4v) is 1.52. The number of nitriles is 1. The first-order chi connectivity index (χ1) is 7.70. The molecule has 0 heterocycles. The zero-order valence-electron chi connectivity index (χ0n) is 8.68. The van der Waals surface area contributed by atoms with Crippen LogP contribution in [0.1, 0.15) is 23.2 Å². The van der Waals surface area contributed by atoms with Crippen molar-refractivity contribution in [1.29, 1.82) is 5.26 Å². The highest BCUT2D eigenvalue weighted by Gasteiger charge is 2.32. The molecule has 1 amide bonds. The summed E-state index contributed by atoms with van der Waals surface area (Å²) in [6.45, 7) is 0. The molecule has 1 aromatic rings. The molecular formula is C12H12N2O2. The summed E-state index contributed by atoms with van der Waals surface area (Å²) in [7, 11) is 0. The molecule has 4 nitrogen and oxygen atoms in total. The Balaban J connectivity index is 2.02. The molecule has 0 aliphatic heterocycles. The molecule has 0 saturated heterocycles. The molecule has 2 rings (SSSR count). The van der Waals surface area contributed by atoms with Gasteiger partial charge in [-0.25, -0.2) is 0 Å². The van der Waals surface area contributed by atoms with E-state index < -0.39 is 0 Å². The van der Waals surface area contributed by atoms with Gasteiger partial charge in [-0.05, 0) is 43.0 Å². The van der Waals surface area contributed by atoms with Crippen molar-refractivity contribution >= 4 is 5.91 Å². The Bertz CT molecular complexity index is 429. The summed E-state index contributed by atoms with van der Waals surface area (Å²) in [6, 6.07) is 7.68. The largest absolute Gasteiger partial charge is 0.508 e. The van der Waals surface area contributed by atoms with E-state index in [4.69, 9.17) is 10.4 Å². The molecule has 1 fully saturated rings. The van der Waals surface area contributed by atoms with Gasteiger partial charge in [0.05, 0.1) is 6.07 Å². The molecule has 1 unspecified atom stereocenters. The lowest BCUT2D eigenvalue weighted by Crippen LogP contribution is -2.35. The minimum absolute atomic E-state index is 0.121. The smallest absolute Gasteiger partial charge is 0.252 e.